The van der Waals surface area contributed by atoms with Gasteiger partial charge in [0.1, 0.15) is 0 Å². The number of hydrogen-bond acceptors (Lipinski definition) is 4. The molecule has 0 radical (unpaired) electrons. The zero-order valence-electron chi connectivity index (χ0n) is 13.1. The highest BCUT2D eigenvalue weighted by Crippen LogP contribution is 2.27. The van der Waals surface area contributed by atoms with Gasteiger partial charge in [-0.05, 0) is 50.9 Å². The molecule has 0 unspecified atom stereocenters. The monoisotopic (exact) mass is 281 g/mol. The fraction of sp³-hybridized carbons (Fsp3) is 0.625. The van der Waals surface area contributed by atoms with E-state index in [-0.39, 0.29) is 0 Å². The zero-order valence-corrected chi connectivity index (χ0v) is 13.1. The van der Waals surface area contributed by atoms with Gasteiger partial charge in [0.05, 0.1) is 20.3 Å². The molecule has 0 aliphatic heterocycles. The fourth-order valence-corrected chi connectivity index (χ4v) is 1.89. The van der Waals surface area contributed by atoms with E-state index in [1.807, 2.05) is 12.1 Å². The van der Waals surface area contributed by atoms with Crippen molar-refractivity contribution < 1.29 is 14.2 Å². The second-order valence-corrected chi connectivity index (χ2v) is 4.99. The average Bonchev–Trinajstić information content (AvgIpc) is 2.45. The maximum Gasteiger partial charge on any atom is 0.161 e. The van der Waals surface area contributed by atoms with Gasteiger partial charge in [-0.15, -0.1) is 0 Å². The number of hydrogen-bond donors (Lipinski definition) is 1. The lowest BCUT2D eigenvalue weighted by atomic mass is 10.2. The molecule has 0 saturated carbocycles. The summed E-state index contributed by atoms with van der Waals surface area (Å²) >= 11 is 0. The molecule has 0 atom stereocenters. The molecule has 0 fully saturated rings. The standard InChI is InChI=1S/C16H27NO3/c1-13(2)20-10-6-5-9-17-12-14-7-8-15(18-3)16(11-14)19-4/h7-8,11,13,17H,5-6,9-10,12H2,1-4H3. The molecule has 0 spiro atoms. The van der Waals surface area contributed by atoms with E-state index >= 15 is 0 Å². The SMILES string of the molecule is COc1ccc(CNCCCCOC(C)C)cc1OC. The van der Waals surface area contributed by atoms with E-state index in [4.69, 9.17) is 14.2 Å². The van der Waals surface area contributed by atoms with Crippen LogP contribution < -0.4 is 14.8 Å². The molecule has 4 heteroatoms. The first-order chi connectivity index (χ1) is 9.67. The third kappa shape index (κ3) is 6.26. The van der Waals surface area contributed by atoms with Gasteiger partial charge in [0.15, 0.2) is 11.5 Å². The van der Waals surface area contributed by atoms with Gasteiger partial charge in [-0.2, -0.15) is 0 Å². The molecule has 0 aliphatic rings. The normalized spacial score (nSPS) is 10.8. The highest BCUT2D eigenvalue weighted by atomic mass is 16.5. The van der Waals surface area contributed by atoms with E-state index in [2.05, 4.69) is 25.2 Å². The lowest BCUT2D eigenvalue weighted by Gasteiger charge is -2.10. The minimum atomic E-state index is 0.328. The first kappa shape index (κ1) is 16.8. The first-order valence-corrected chi connectivity index (χ1v) is 7.20. The molecule has 0 aromatic heterocycles. The lowest BCUT2D eigenvalue weighted by molar-refractivity contribution is 0.0760. The Morgan fingerprint density at radius 1 is 1.05 bits per heavy atom. The van der Waals surface area contributed by atoms with Gasteiger partial charge in [0.25, 0.3) is 0 Å². The van der Waals surface area contributed by atoms with Gasteiger partial charge in [0.2, 0.25) is 0 Å². The molecule has 1 aromatic carbocycles. The second kappa shape index (κ2) is 9.61. The van der Waals surface area contributed by atoms with Crippen LogP contribution in [0.25, 0.3) is 0 Å². The number of benzene rings is 1. The summed E-state index contributed by atoms with van der Waals surface area (Å²) in [6, 6.07) is 6.00. The lowest BCUT2D eigenvalue weighted by Crippen LogP contribution is -2.15. The smallest absolute Gasteiger partial charge is 0.161 e. The molecular weight excluding hydrogens is 254 g/mol. The Kier molecular flexibility index (Phi) is 8.07. The van der Waals surface area contributed by atoms with Crippen LogP contribution in [0.5, 0.6) is 11.5 Å². The van der Waals surface area contributed by atoms with Crippen LogP contribution in [0.2, 0.25) is 0 Å². The summed E-state index contributed by atoms with van der Waals surface area (Å²) in [6.07, 6.45) is 2.55. The van der Waals surface area contributed by atoms with Crippen molar-refractivity contribution in [2.75, 3.05) is 27.4 Å². The van der Waals surface area contributed by atoms with E-state index in [9.17, 15) is 0 Å². The van der Waals surface area contributed by atoms with Gasteiger partial charge in [-0.25, -0.2) is 0 Å². The predicted molar refractivity (Wildman–Crippen MR) is 81.6 cm³/mol. The summed E-state index contributed by atoms with van der Waals surface area (Å²) in [5.74, 6) is 1.54. The van der Waals surface area contributed by atoms with Crippen LogP contribution in [0.15, 0.2) is 18.2 Å². The topological polar surface area (TPSA) is 39.7 Å². The van der Waals surface area contributed by atoms with E-state index in [1.54, 1.807) is 14.2 Å². The van der Waals surface area contributed by atoms with Crippen LogP contribution in [0.4, 0.5) is 0 Å². The highest BCUT2D eigenvalue weighted by molar-refractivity contribution is 5.42. The van der Waals surface area contributed by atoms with Gasteiger partial charge in [0, 0.05) is 13.2 Å². The molecule has 0 bridgehead atoms. The van der Waals surface area contributed by atoms with Gasteiger partial charge in [-0.1, -0.05) is 6.07 Å². The Labute approximate surface area is 122 Å². The van der Waals surface area contributed by atoms with E-state index in [1.165, 1.54) is 5.56 Å². The molecule has 20 heavy (non-hydrogen) atoms. The van der Waals surface area contributed by atoms with Crippen molar-refractivity contribution in [3.05, 3.63) is 23.8 Å². The largest absolute Gasteiger partial charge is 0.493 e. The van der Waals surface area contributed by atoms with Crippen LogP contribution in [0, 0.1) is 0 Å². The van der Waals surface area contributed by atoms with Crippen LogP contribution in [-0.2, 0) is 11.3 Å². The van der Waals surface area contributed by atoms with E-state index in [0.717, 1.165) is 44.0 Å². The summed E-state index contributed by atoms with van der Waals surface area (Å²) in [5.41, 5.74) is 1.20. The van der Waals surface area contributed by atoms with Crippen LogP contribution in [0.1, 0.15) is 32.3 Å². The van der Waals surface area contributed by atoms with Crippen LogP contribution >= 0.6 is 0 Å². The number of nitrogens with one attached hydrogen (secondary N) is 1. The van der Waals surface area contributed by atoms with Gasteiger partial charge < -0.3 is 19.5 Å². The molecule has 0 saturated heterocycles. The number of methoxy groups -OCH3 is 2. The van der Waals surface area contributed by atoms with Crippen molar-refractivity contribution in [2.45, 2.75) is 39.3 Å². The molecule has 0 aliphatic carbocycles. The van der Waals surface area contributed by atoms with Crippen molar-refractivity contribution >= 4 is 0 Å². The zero-order chi connectivity index (χ0) is 14.8. The average molecular weight is 281 g/mol. The molecular formula is C16H27NO3. The summed E-state index contributed by atoms with van der Waals surface area (Å²) in [6.45, 7) is 6.81. The Morgan fingerprint density at radius 2 is 1.80 bits per heavy atom. The molecule has 1 N–H and O–H groups in total. The third-order valence-electron chi connectivity index (χ3n) is 2.98. The molecule has 1 aromatic rings. The Balaban J connectivity index is 2.22. The van der Waals surface area contributed by atoms with Crippen LogP contribution in [-0.4, -0.2) is 33.5 Å². The summed E-state index contributed by atoms with van der Waals surface area (Å²) in [7, 11) is 3.30. The number of ether oxygens (including phenoxy) is 3. The van der Waals surface area contributed by atoms with E-state index < -0.39 is 0 Å². The van der Waals surface area contributed by atoms with Crippen molar-refractivity contribution in [1.82, 2.24) is 5.32 Å². The second-order valence-electron chi connectivity index (χ2n) is 4.99. The fourth-order valence-electron chi connectivity index (χ4n) is 1.89. The van der Waals surface area contributed by atoms with Crippen molar-refractivity contribution in [1.29, 1.82) is 0 Å². The molecule has 0 heterocycles. The Hall–Kier alpha value is -1.26. The molecule has 114 valence electrons. The van der Waals surface area contributed by atoms with Gasteiger partial charge >= 0.3 is 0 Å². The number of rotatable bonds is 10. The summed E-state index contributed by atoms with van der Waals surface area (Å²) < 4.78 is 16.0. The third-order valence-corrected chi connectivity index (χ3v) is 2.98. The molecule has 4 nitrogen and oxygen atoms in total. The highest BCUT2D eigenvalue weighted by Gasteiger charge is 2.04. The summed E-state index contributed by atoms with van der Waals surface area (Å²) in [4.78, 5) is 0. The Bertz CT molecular complexity index is 380. The number of unbranched alkanes of at least 4 members (excludes halogenated alkanes) is 1. The van der Waals surface area contributed by atoms with E-state index in [0.29, 0.717) is 6.10 Å². The molecule has 1 rings (SSSR count). The van der Waals surface area contributed by atoms with Crippen LogP contribution in [0.3, 0.4) is 0 Å². The molecule has 0 amide bonds. The minimum Gasteiger partial charge on any atom is -0.493 e. The first-order valence-electron chi connectivity index (χ1n) is 7.20. The maximum absolute atomic E-state index is 5.50. The maximum atomic E-state index is 5.50. The quantitative estimate of drug-likeness (QED) is 0.669. The van der Waals surface area contributed by atoms with Crippen molar-refractivity contribution in [3.8, 4) is 11.5 Å². The van der Waals surface area contributed by atoms with Crippen molar-refractivity contribution in [3.63, 3.8) is 0 Å². The Morgan fingerprint density at radius 3 is 2.45 bits per heavy atom. The predicted octanol–water partition coefficient (Wildman–Crippen LogP) is 3.00. The van der Waals surface area contributed by atoms with Crippen molar-refractivity contribution in [2.24, 2.45) is 0 Å². The summed E-state index contributed by atoms with van der Waals surface area (Å²) in [5, 5.41) is 3.43. The minimum absolute atomic E-state index is 0.328. The van der Waals surface area contributed by atoms with Gasteiger partial charge in [-0.3, -0.25) is 0 Å².